The molecule has 0 amide bonds. The molecule has 0 aliphatic carbocycles. The summed E-state index contributed by atoms with van der Waals surface area (Å²) < 4.78 is 6.08. The second-order valence-electron chi connectivity index (χ2n) is 4.54. The van der Waals surface area contributed by atoms with Gasteiger partial charge in [-0.2, -0.15) is 9.61 Å². The van der Waals surface area contributed by atoms with Crippen LogP contribution in [0.25, 0.3) is 16.9 Å². The van der Waals surface area contributed by atoms with Crippen LogP contribution in [-0.2, 0) is 4.74 Å². The molecule has 22 heavy (non-hydrogen) atoms. The van der Waals surface area contributed by atoms with Crippen molar-refractivity contribution in [3.8, 4) is 11.3 Å². The normalized spacial score (nSPS) is 10.8. The number of hydrogen-bond donors (Lipinski definition) is 1. The van der Waals surface area contributed by atoms with Gasteiger partial charge < -0.3 is 9.72 Å². The first-order valence-electron chi connectivity index (χ1n) is 6.65. The molecule has 0 aliphatic rings. The van der Waals surface area contributed by atoms with Crippen molar-refractivity contribution in [1.29, 1.82) is 0 Å². The average molecular weight is 318 g/mol. The van der Waals surface area contributed by atoms with Crippen molar-refractivity contribution in [2.45, 2.75) is 6.92 Å². The third kappa shape index (κ3) is 2.37. The Morgan fingerprint density at radius 1 is 1.41 bits per heavy atom. The molecule has 0 spiro atoms. The summed E-state index contributed by atoms with van der Waals surface area (Å²) in [5, 5.41) is 4.42. The molecule has 0 unspecified atom stereocenters. The van der Waals surface area contributed by atoms with Crippen molar-refractivity contribution < 1.29 is 9.53 Å². The second-order valence-corrected chi connectivity index (χ2v) is 4.95. The lowest BCUT2D eigenvalue weighted by molar-refractivity contribution is 0.0528. The van der Waals surface area contributed by atoms with Gasteiger partial charge in [0.05, 0.1) is 18.5 Å². The Hall–Kier alpha value is -2.60. The van der Waals surface area contributed by atoms with Crippen LogP contribution < -0.4 is 5.56 Å². The molecule has 112 valence electrons. The Kier molecular flexibility index (Phi) is 3.68. The maximum absolute atomic E-state index is 12.2. The van der Waals surface area contributed by atoms with Crippen LogP contribution >= 0.6 is 11.6 Å². The molecule has 0 aliphatic heterocycles. The molecule has 0 atom stereocenters. The summed E-state index contributed by atoms with van der Waals surface area (Å²) in [5.41, 5.74) is 1.29. The number of benzene rings is 1. The quantitative estimate of drug-likeness (QED) is 0.753. The molecule has 3 rings (SSSR count). The van der Waals surface area contributed by atoms with E-state index in [1.807, 2.05) is 6.07 Å². The molecule has 0 bridgehead atoms. The summed E-state index contributed by atoms with van der Waals surface area (Å²) in [6.07, 6.45) is 1.31. The second kappa shape index (κ2) is 5.65. The predicted octanol–water partition coefficient (Wildman–Crippen LogP) is 2.52. The number of ether oxygens (including phenoxy) is 1. The van der Waals surface area contributed by atoms with Gasteiger partial charge >= 0.3 is 5.97 Å². The van der Waals surface area contributed by atoms with E-state index in [1.54, 1.807) is 25.1 Å². The van der Waals surface area contributed by atoms with E-state index < -0.39 is 5.97 Å². The third-order valence-electron chi connectivity index (χ3n) is 3.16. The summed E-state index contributed by atoms with van der Waals surface area (Å²) in [4.78, 5) is 27.1. The van der Waals surface area contributed by atoms with Gasteiger partial charge in [0.1, 0.15) is 5.56 Å². The molecule has 0 saturated carbocycles. The van der Waals surface area contributed by atoms with Crippen molar-refractivity contribution in [2.75, 3.05) is 6.61 Å². The fourth-order valence-electron chi connectivity index (χ4n) is 2.17. The van der Waals surface area contributed by atoms with Crippen molar-refractivity contribution in [3.05, 3.63) is 57.5 Å². The van der Waals surface area contributed by atoms with Crippen LogP contribution in [0.5, 0.6) is 0 Å². The van der Waals surface area contributed by atoms with Gasteiger partial charge in [0, 0.05) is 16.7 Å². The minimum absolute atomic E-state index is 0.202. The van der Waals surface area contributed by atoms with Gasteiger partial charge in [-0.3, -0.25) is 4.79 Å². The molecular formula is C15H12ClN3O3. The van der Waals surface area contributed by atoms with Crippen molar-refractivity contribution >= 4 is 23.2 Å². The number of fused-ring (bicyclic) bond motifs is 1. The van der Waals surface area contributed by atoms with Crippen LogP contribution in [-0.4, -0.2) is 27.2 Å². The van der Waals surface area contributed by atoms with Crippen molar-refractivity contribution in [1.82, 2.24) is 14.6 Å². The number of aromatic nitrogens is 3. The third-order valence-corrected chi connectivity index (χ3v) is 3.49. The molecule has 7 heteroatoms. The first kappa shape index (κ1) is 14.3. The zero-order valence-corrected chi connectivity index (χ0v) is 12.4. The Labute approximate surface area is 130 Å². The first-order chi connectivity index (χ1) is 10.6. The lowest BCUT2D eigenvalue weighted by Crippen LogP contribution is -2.15. The number of carbonyl (C=O) groups excluding carboxylic acids is 1. The molecule has 0 saturated heterocycles. The Bertz CT molecular complexity index is 914. The smallest absolute Gasteiger partial charge is 0.343 e. The number of esters is 1. The average Bonchev–Trinajstić information content (AvgIpc) is 2.92. The Morgan fingerprint density at radius 2 is 2.18 bits per heavy atom. The number of aromatic amines is 1. The zero-order valence-electron chi connectivity index (χ0n) is 11.7. The Morgan fingerprint density at radius 3 is 2.91 bits per heavy atom. The Balaban J connectivity index is 2.23. The van der Waals surface area contributed by atoms with E-state index in [-0.39, 0.29) is 23.4 Å². The molecule has 2 heterocycles. The van der Waals surface area contributed by atoms with Gasteiger partial charge in [0.25, 0.3) is 5.56 Å². The standard InChI is InChI=1S/C15H12ClN3O3/c1-2-22-15(21)10-8-17-19-13(20)7-12(18-14(10)19)9-5-3-4-6-11(9)16/h3-8,18H,2H2,1H3. The summed E-state index contributed by atoms with van der Waals surface area (Å²) >= 11 is 6.15. The van der Waals surface area contributed by atoms with Gasteiger partial charge in [0.15, 0.2) is 5.65 Å². The highest BCUT2D eigenvalue weighted by Gasteiger charge is 2.17. The van der Waals surface area contributed by atoms with Gasteiger partial charge in [-0.1, -0.05) is 29.8 Å². The van der Waals surface area contributed by atoms with Gasteiger partial charge in [-0.15, -0.1) is 0 Å². The molecule has 1 aromatic carbocycles. The summed E-state index contributed by atoms with van der Waals surface area (Å²) in [6.45, 7) is 1.95. The minimum Gasteiger partial charge on any atom is -0.462 e. The van der Waals surface area contributed by atoms with Gasteiger partial charge in [-0.05, 0) is 13.0 Å². The van der Waals surface area contributed by atoms with E-state index in [4.69, 9.17) is 16.3 Å². The molecule has 0 radical (unpaired) electrons. The SMILES string of the molecule is CCOC(=O)c1cnn2c(=O)cc(-c3ccccc3Cl)[nH]c12. The van der Waals surface area contributed by atoms with E-state index in [2.05, 4.69) is 10.1 Å². The lowest BCUT2D eigenvalue weighted by atomic mass is 10.1. The molecule has 2 aromatic heterocycles. The number of hydrogen-bond acceptors (Lipinski definition) is 4. The number of H-pyrrole nitrogens is 1. The number of carbonyl (C=O) groups is 1. The number of nitrogens with one attached hydrogen (secondary N) is 1. The van der Waals surface area contributed by atoms with Crippen LogP contribution in [0.1, 0.15) is 17.3 Å². The maximum Gasteiger partial charge on any atom is 0.343 e. The predicted molar refractivity (Wildman–Crippen MR) is 82.2 cm³/mol. The van der Waals surface area contributed by atoms with E-state index in [0.29, 0.717) is 16.3 Å². The van der Waals surface area contributed by atoms with Gasteiger partial charge in [-0.25, -0.2) is 4.79 Å². The van der Waals surface area contributed by atoms with Crippen LogP contribution in [0.2, 0.25) is 5.02 Å². The highest BCUT2D eigenvalue weighted by Crippen LogP contribution is 2.25. The van der Waals surface area contributed by atoms with Crippen LogP contribution in [0, 0.1) is 0 Å². The first-order valence-corrected chi connectivity index (χ1v) is 7.02. The number of halogens is 1. The van der Waals surface area contributed by atoms with Gasteiger partial charge in [0.2, 0.25) is 0 Å². The fourth-order valence-corrected chi connectivity index (χ4v) is 2.40. The molecule has 1 N–H and O–H groups in total. The number of nitrogens with zero attached hydrogens (tertiary/aromatic N) is 2. The van der Waals surface area contributed by atoms with E-state index in [1.165, 1.54) is 12.3 Å². The summed E-state index contributed by atoms with van der Waals surface area (Å²) in [5.74, 6) is -0.538. The van der Waals surface area contributed by atoms with Crippen LogP contribution in [0.4, 0.5) is 0 Å². The molecule has 0 fully saturated rings. The van der Waals surface area contributed by atoms with Crippen molar-refractivity contribution in [3.63, 3.8) is 0 Å². The minimum atomic E-state index is -0.538. The largest absolute Gasteiger partial charge is 0.462 e. The van der Waals surface area contributed by atoms with Crippen LogP contribution in [0.15, 0.2) is 41.3 Å². The highest BCUT2D eigenvalue weighted by molar-refractivity contribution is 6.33. The zero-order chi connectivity index (χ0) is 15.7. The van der Waals surface area contributed by atoms with E-state index >= 15 is 0 Å². The summed E-state index contributed by atoms with van der Waals surface area (Å²) in [7, 11) is 0. The fraction of sp³-hybridized carbons (Fsp3) is 0.133. The van der Waals surface area contributed by atoms with E-state index in [9.17, 15) is 9.59 Å². The lowest BCUT2D eigenvalue weighted by Gasteiger charge is -2.06. The van der Waals surface area contributed by atoms with Crippen molar-refractivity contribution in [2.24, 2.45) is 0 Å². The molecule has 3 aromatic rings. The van der Waals surface area contributed by atoms with Crippen LogP contribution in [0.3, 0.4) is 0 Å². The molecular weight excluding hydrogens is 306 g/mol. The highest BCUT2D eigenvalue weighted by atomic mass is 35.5. The topological polar surface area (TPSA) is 76.5 Å². The number of rotatable bonds is 3. The maximum atomic E-state index is 12.2. The van der Waals surface area contributed by atoms with E-state index in [0.717, 1.165) is 4.52 Å². The summed E-state index contributed by atoms with van der Waals surface area (Å²) in [6, 6.07) is 8.50. The molecule has 6 nitrogen and oxygen atoms in total. The monoisotopic (exact) mass is 317 g/mol.